The molecule has 0 N–H and O–H groups in total. The molecular weight excluding hydrogens is 262 g/mol. The molecule has 0 aromatic carbocycles. The average molecular weight is 278 g/mol. The lowest BCUT2D eigenvalue weighted by molar-refractivity contribution is 0.450. The molecule has 4 nitrogen and oxygen atoms in total. The Morgan fingerprint density at radius 2 is 1.89 bits per heavy atom. The van der Waals surface area contributed by atoms with Gasteiger partial charge in [0.2, 0.25) is 5.88 Å². The Morgan fingerprint density at radius 1 is 1.11 bits per heavy atom. The lowest BCUT2D eigenvalue weighted by Gasteiger charge is -2.10. The third-order valence-electron chi connectivity index (χ3n) is 2.65. The van der Waals surface area contributed by atoms with Crippen molar-refractivity contribution in [2.24, 2.45) is 0 Å². The Kier molecular flexibility index (Phi) is 4.32. The lowest BCUT2D eigenvalue weighted by Crippen LogP contribution is -1.99. The molecule has 0 bridgehead atoms. The van der Waals surface area contributed by atoms with Gasteiger partial charge in [0, 0.05) is 18.2 Å². The van der Waals surface area contributed by atoms with E-state index in [9.17, 15) is 0 Å². The first-order valence-corrected chi connectivity index (χ1v) is 6.68. The van der Waals surface area contributed by atoms with Gasteiger partial charge in [0.05, 0.1) is 5.69 Å². The zero-order valence-corrected chi connectivity index (χ0v) is 12.0. The van der Waals surface area contributed by atoms with Gasteiger partial charge in [-0.15, -0.1) is 0 Å². The van der Waals surface area contributed by atoms with Crippen LogP contribution in [0.2, 0.25) is 5.15 Å². The van der Waals surface area contributed by atoms with Gasteiger partial charge in [-0.25, -0.2) is 4.98 Å². The predicted molar refractivity (Wildman–Crippen MR) is 74.8 cm³/mol. The Labute approximate surface area is 117 Å². The summed E-state index contributed by atoms with van der Waals surface area (Å²) in [5.41, 5.74) is 1.88. The number of hydrogen-bond donors (Lipinski definition) is 0. The second-order valence-electron chi connectivity index (χ2n) is 4.15. The minimum absolute atomic E-state index is 0.389. The van der Waals surface area contributed by atoms with Crippen molar-refractivity contribution in [1.29, 1.82) is 0 Å². The molecule has 0 spiro atoms. The van der Waals surface area contributed by atoms with Crippen molar-refractivity contribution in [3.8, 4) is 11.6 Å². The van der Waals surface area contributed by atoms with E-state index in [-0.39, 0.29) is 0 Å². The summed E-state index contributed by atoms with van der Waals surface area (Å²) in [5.74, 6) is 1.84. The summed E-state index contributed by atoms with van der Waals surface area (Å²) in [6, 6.07) is 5.43. The highest BCUT2D eigenvalue weighted by atomic mass is 35.5. The minimum atomic E-state index is 0.389. The number of hydrogen-bond acceptors (Lipinski definition) is 4. The van der Waals surface area contributed by atoms with Crippen molar-refractivity contribution in [3.05, 3.63) is 40.6 Å². The normalized spacial score (nSPS) is 10.5. The maximum absolute atomic E-state index is 5.95. The van der Waals surface area contributed by atoms with E-state index in [2.05, 4.69) is 15.0 Å². The van der Waals surface area contributed by atoms with Crippen LogP contribution in [0.3, 0.4) is 0 Å². The second-order valence-corrected chi connectivity index (χ2v) is 4.54. The predicted octanol–water partition coefficient (Wildman–Crippen LogP) is 3.75. The molecule has 0 radical (unpaired) electrons. The zero-order valence-electron chi connectivity index (χ0n) is 11.3. The standard InChI is InChI=1S/C14H16ClN3O/c1-4-10-11(7-6-9(3)16-10)19-14-8-12(15)17-13(5-2)18-14/h6-8H,4-5H2,1-3H3. The fourth-order valence-electron chi connectivity index (χ4n) is 1.71. The molecule has 2 heterocycles. The van der Waals surface area contributed by atoms with E-state index >= 15 is 0 Å². The maximum Gasteiger partial charge on any atom is 0.224 e. The summed E-state index contributed by atoms with van der Waals surface area (Å²) in [4.78, 5) is 12.9. The quantitative estimate of drug-likeness (QED) is 0.799. The van der Waals surface area contributed by atoms with E-state index in [4.69, 9.17) is 16.3 Å². The molecule has 2 aromatic heterocycles. The van der Waals surface area contributed by atoms with Crippen molar-refractivity contribution in [2.75, 3.05) is 0 Å². The van der Waals surface area contributed by atoms with E-state index in [0.29, 0.717) is 29.0 Å². The molecule has 100 valence electrons. The van der Waals surface area contributed by atoms with Gasteiger partial charge in [0.25, 0.3) is 0 Å². The molecule has 0 fully saturated rings. The Balaban J connectivity index is 2.33. The van der Waals surface area contributed by atoms with Crippen LogP contribution >= 0.6 is 11.6 Å². The Morgan fingerprint density at radius 3 is 2.58 bits per heavy atom. The number of nitrogens with zero attached hydrogens (tertiary/aromatic N) is 3. The fraction of sp³-hybridized carbons (Fsp3) is 0.357. The van der Waals surface area contributed by atoms with Gasteiger partial charge in [-0.3, -0.25) is 4.98 Å². The van der Waals surface area contributed by atoms with Crippen molar-refractivity contribution in [3.63, 3.8) is 0 Å². The SMILES string of the molecule is CCc1nc(Cl)cc(Oc2ccc(C)nc2CC)n1. The van der Waals surface area contributed by atoms with Gasteiger partial charge < -0.3 is 4.74 Å². The van der Waals surface area contributed by atoms with Crippen LogP contribution in [0.15, 0.2) is 18.2 Å². The molecular formula is C14H16ClN3O. The van der Waals surface area contributed by atoms with Gasteiger partial charge in [-0.2, -0.15) is 4.98 Å². The minimum Gasteiger partial charge on any atom is -0.437 e. The van der Waals surface area contributed by atoms with Crippen LogP contribution in [-0.4, -0.2) is 15.0 Å². The molecule has 2 rings (SSSR count). The smallest absolute Gasteiger partial charge is 0.224 e. The third-order valence-corrected chi connectivity index (χ3v) is 2.85. The van der Waals surface area contributed by atoms with Crippen molar-refractivity contribution >= 4 is 11.6 Å². The molecule has 5 heteroatoms. The number of aryl methyl sites for hydroxylation is 3. The van der Waals surface area contributed by atoms with Gasteiger partial charge in [0.15, 0.2) is 5.75 Å². The van der Waals surface area contributed by atoms with Crippen molar-refractivity contribution in [2.45, 2.75) is 33.6 Å². The van der Waals surface area contributed by atoms with Gasteiger partial charge >= 0.3 is 0 Å². The fourth-order valence-corrected chi connectivity index (χ4v) is 1.90. The van der Waals surface area contributed by atoms with Crippen LogP contribution in [0.4, 0.5) is 0 Å². The summed E-state index contributed by atoms with van der Waals surface area (Å²) < 4.78 is 5.78. The largest absolute Gasteiger partial charge is 0.437 e. The Hall–Kier alpha value is -1.68. The molecule has 0 saturated heterocycles. The van der Waals surface area contributed by atoms with E-state index in [0.717, 1.165) is 17.8 Å². The highest BCUT2D eigenvalue weighted by molar-refractivity contribution is 6.29. The summed E-state index contributed by atoms with van der Waals surface area (Å²) in [7, 11) is 0. The molecule has 0 saturated carbocycles. The first-order valence-electron chi connectivity index (χ1n) is 6.30. The first-order chi connectivity index (χ1) is 9.12. The van der Waals surface area contributed by atoms with Crippen LogP contribution in [0.25, 0.3) is 0 Å². The number of ether oxygens (including phenoxy) is 1. The van der Waals surface area contributed by atoms with Crippen molar-refractivity contribution in [1.82, 2.24) is 15.0 Å². The zero-order chi connectivity index (χ0) is 13.8. The highest BCUT2D eigenvalue weighted by Crippen LogP contribution is 2.25. The molecule has 0 aliphatic heterocycles. The van der Waals surface area contributed by atoms with Crippen LogP contribution in [0.1, 0.15) is 31.1 Å². The molecule has 0 unspecified atom stereocenters. The van der Waals surface area contributed by atoms with Crippen LogP contribution < -0.4 is 4.74 Å². The molecule has 0 atom stereocenters. The van der Waals surface area contributed by atoms with E-state index in [1.807, 2.05) is 32.9 Å². The molecule has 0 amide bonds. The summed E-state index contributed by atoms with van der Waals surface area (Å²) in [6.07, 6.45) is 1.51. The number of pyridine rings is 1. The summed E-state index contributed by atoms with van der Waals surface area (Å²) in [5, 5.41) is 0.389. The average Bonchev–Trinajstić information content (AvgIpc) is 2.40. The number of aromatic nitrogens is 3. The van der Waals surface area contributed by atoms with Crippen LogP contribution in [0.5, 0.6) is 11.6 Å². The first kappa shape index (κ1) is 13.7. The molecule has 0 aliphatic carbocycles. The Bertz CT molecular complexity index is 587. The van der Waals surface area contributed by atoms with Crippen molar-refractivity contribution < 1.29 is 4.74 Å². The maximum atomic E-state index is 5.95. The lowest BCUT2D eigenvalue weighted by atomic mass is 10.2. The summed E-state index contributed by atoms with van der Waals surface area (Å²) >= 11 is 5.95. The molecule has 2 aromatic rings. The topological polar surface area (TPSA) is 47.9 Å². The molecule has 19 heavy (non-hydrogen) atoms. The monoisotopic (exact) mass is 277 g/mol. The van der Waals surface area contributed by atoms with Gasteiger partial charge in [-0.1, -0.05) is 25.4 Å². The van der Waals surface area contributed by atoms with Crippen LogP contribution in [0, 0.1) is 6.92 Å². The van der Waals surface area contributed by atoms with Gasteiger partial charge in [0.1, 0.15) is 11.0 Å². The number of rotatable bonds is 4. The molecule has 0 aliphatic rings. The third kappa shape index (κ3) is 3.41. The highest BCUT2D eigenvalue weighted by Gasteiger charge is 2.08. The van der Waals surface area contributed by atoms with Crippen LogP contribution in [-0.2, 0) is 12.8 Å². The second kappa shape index (κ2) is 5.97. The summed E-state index contributed by atoms with van der Waals surface area (Å²) in [6.45, 7) is 5.97. The van der Waals surface area contributed by atoms with E-state index in [1.165, 1.54) is 0 Å². The van der Waals surface area contributed by atoms with E-state index < -0.39 is 0 Å². The van der Waals surface area contributed by atoms with E-state index in [1.54, 1.807) is 6.07 Å². The number of halogens is 1. The van der Waals surface area contributed by atoms with Gasteiger partial charge in [-0.05, 0) is 25.5 Å².